The lowest BCUT2D eigenvalue weighted by Gasteiger charge is -2.15. The summed E-state index contributed by atoms with van der Waals surface area (Å²) in [6, 6.07) is 3.78. The molecule has 1 unspecified atom stereocenters. The Morgan fingerprint density at radius 2 is 2.27 bits per heavy atom. The molecule has 3 heteroatoms. The molecule has 2 N–H and O–H groups in total. The monoisotopic (exact) mass is 205 g/mol. The molecular formula is C12H15NO2. The Bertz CT molecular complexity index is 383. The topological polar surface area (TPSA) is 41.5 Å². The van der Waals surface area contributed by atoms with E-state index in [-0.39, 0.29) is 0 Å². The van der Waals surface area contributed by atoms with Crippen LogP contribution in [0.5, 0.6) is 5.75 Å². The average molecular weight is 205 g/mol. The van der Waals surface area contributed by atoms with E-state index in [4.69, 9.17) is 4.74 Å². The van der Waals surface area contributed by atoms with Crippen molar-refractivity contribution in [1.82, 2.24) is 5.32 Å². The van der Waals surface area contributed by atoms with E-state index in [2.05, 4.69) is 5.32 Å². The zero-order valence-corrected chi connectivity index (χ0v) is 8.62. The molecule has 15 heavy (non-hydrogen) atoms. The lowest BCUT2D eigenvalue weighted by atomic mass is 9.91. The highest BCUT2D eigenvalue weighted by Gasteiger charge is 2.26. The van der Waals surface area contributed by atoms with Crippen LogP contribution in [0.1, 0.15) is 29.0 Å². The molecule has 2 aliphatic heterocycles. The van der Waals surface area contributed by atoms with Crippen LogP contribution in [-0.2, 0) is 18.0 Å². The Balaban J connectivity index is 2.08. The van der Waals surface area contributed by atoms with Gasteiger partial charge in [0.25, 0.3) is 0 Å². The van der Waals surface area contributed by atoms with Gasteiger partial charge in [0.05, 0.1) is 13.2 Å². The fourth-order valence-corrected chi connectivity index (χ4v) is 2.62. The molecule has 80 valence electrons. The minimum absolute atomic E-state index is 0.438. The maximum atomic E-state index is 9.95. The summed E-state index contributed by atoms with van der Waals surface area (Å²) in [6.07, 6.45) is 1.12. The van der Waals surface area contributed by atoms with Crippen molar-refractivity contribution in [2.45, 2.75) is 25.6 Å². The number of hydrogen-bond donors (Lipinski definition) is 2. The third-order valence-corrected chi connectivity index (χ3v) is 3.40. The molecule has 1 saturated heterocycles. The molecule has 0 saturated carbocycles. The van der Waals surface area contributed by atoms with E-state index in [1.165, 1.54) is 11.1 Å². The van der Waals surface area contributed by atoms with Crippen molar-refractivity contribution in [2.24, 2.45) is 0 Å². The van der Waals surface area contributed by atoms with Crippen molar-refractivity contribution in [3.05, 3.63) is 28.8 Å². The minimum atomic E-state index is 0.438. The Kier molecular flexibility index (Phi) is 2.15. The van der Waals surface area contributed by atoms with Crippen LogP contribution in [0.4, 0.5) is 0 Å². The van der Waals surface area contributed by atoms with Gasteiger partial charge in [-0.25, -0.2) is 0 Å². The first-order valence-electron chi connectivity index (χ1n) is 5.48. The second-order valence-corrected chi connectivity index (χ2v) is 4.32. The Labute approximate surface area is 89.1 Å². The third-order valence-electron chi connectivity index (χ3n) is 3.40. The highest BCUT2D eigenvalue weighted by Crippen LogP contribution is 2.37. The predicted octanol–water partition coefficient (Wildman–Crippen LogP) is 1.50. The van der Waals surface area contributed by atoms with Gasteiger partial charge in [0.1, 0.15) is 5.75 Å². The second-order valence-electron chi connectivity index (χ2n) is 4.32. The van der Waals surface area contributed by atoms with Gasteiger partial charge in [-0.1, -0.05) is 6.07 Å². The van der Waals surface area contributed by atoms with Crippen LogP contribution < -0.4 is 5.32 Å². The van der Waals surface area contributed by atoms with E-state index < -0.39 is 0 Å². The molecule has 1 aromatic rings. The number of nitrogens with one attached hydrogen (secondary N) is 1. The summed E-state index contributed by atoms with van der Waals surface area (Å²) >= 11 is 0. The first kappa shape index (κ1) is 9.19. The van der Waals surface area contributed by atoms with Crippen LogP contribution in [0, 0.1) is 0 Å². The van der Waals surface area contributed by atoms with Gasteiger partial charge in [0.15, 0.2) is 0 Å². The van der Waals surface area contributed by atoms with Crippen molar-refractivity contribution in [1.29, 1.82) is 0 Å². The van der Waals surface area contributed by atoms with Gasteiger partial charge in [0, 0.05) is 18.0 Å². The first-order chi connectivity index (χ1) is 7.36. The number of aromatic hydroxyl groups is 1. The molecule has 2 heterocycles. The van der Waals surface area contributed by atoms with Crippen LogP contribution >= 0.6 is 0 Å². The van der Waals surface area contributed by atoms with Crippen LogP contribution in [-0.4, -0.2) is 18.2 Å². The van der Waals surface area contributed by atoms with Crippen molar-refractivity contribution < 1.29 is 9.84 Å². The normalized spacial score (nSPS) is 24.4. The van der Waals surface area contributed by atoms with Crippen LogP contribution in [0.25, 0.3) is 0 Å². The van der Waals surface area contributed by atoms with Gasteiger partial charge in [-0.15, -0.1) is 0 Å². The standard InChI is InChI=1S/C12H15NO2/c14-11-2-1-9-6-15-7-10(9)12(11)8-3-4-13-5-8/h1-2,8,13-14H,3-7H2. The number of hydrogen-bond acceptors (Lipinski definition) is 3. The summed E-state index contributed by atoms with van der Waals surface area (Å²) in [4.78, 5) is 0. The van der Waals surface area contributed by atoms with Gasteiger partial charge in [-0.3, -0.25) is 0 Å². The second kappa shape index (κ2) is 3.51. The molecule has 0 spiro atoms. The predicted molar refractivity (Wildman–Crippen MR) is 56.8 cm³/mol. The molecule has 2 aliphatic rings. The van der Waals surface area contributed by atoms with Crippen molar-refractivity contribution >= 4 is 0 Å². The summed E-state index contributed by atoms with van der Waals surface area (Å²) in [7, 11) is 0. The van der Waals surface area contributed by atoms with Crippen LogP contribution in [0.2, 0.25) is 0 Å². The highest BCUT2D eigenvalue weighted by atomic mass is 16.5. The average Bonchev–Trinajstić information content (AvgIpc) is 2.85. The summed E-state index contributed by atoms with van der Waals surface area (Å²) in [5.41, 5.74) is 3.59. The highest BCUT2D eigenvalue weighted by molar-refractivity contribution is 5.47. The number of benzene rings is 1. The van der Waals surface area contributed by atoms with E-state index in [9.17, 15) is 5.11 Å². The quantitative estimate of drug-likeness (QED) is 0.730. The van der Waals surface area contributed by atoms with Crippen molar-refractivity contribution in [3.8, 4) is 5.75 Å². The first-order valence-corrected chi connectivity index (χ1v) is 5.48. The van der Waals surface area contributed by atoms with Crippen LogP contribution in [0.3, 0.4) is 0 Å². The van der Waals surface area contributed by atoms with E-state index in [1.54, 1.807) is 6.07 Å². The summed E-state index contributed by atoms with van der Waals surface area (Å²) < 4.78 is 5.44. The van der Waals surface area contributed by atoms with Crippen molar-refractivity contribution in [2.75, 3.05) is 13.1 Å². The van der Waals surface area contributed by atoms with E-state index in [1.807, 2.05) is 6.07 Å². The Hall–Kier alpha value is -1.06. The molecule has 1 atom stereocenters. The molecule has 1 fully saturated rings. The van der Waals surface area contributed by atoms with E-state index in [0.717, 1.165) is 25.1 Å². The minimum Gasteiger partial charge on any atom is -0.508 e. The summed E-state index contributed by atoms with van der Waals surface area (Å²) in [5, 5.41) is 13.3. The van der Waals surface area contributed by atoms with Crippen LogP contribution in [0.15, 0.2) is 12.1 Å². The van der Waals surface area contributed by atoms with Gasteiger partial charge >= 0.3 is 0 Å². The number of rotatable bonds is 1. The van der Waals surface area contributed by atoms with Crippen molar-refractivity contribution in [3.63, 3.8) is 0 Å². The van der Waals surface area contributed by atoms with Gasteiger partial charge < -0.3 is 15.2 Å². The van der Waals surface area contributed by atoms with Gasteiger partial charge in [0.2, 0.25) is 0 Å². The smallest absolute Gasteiger partial charge is 0.119 e. The number of fused-ring (bicyclic) bond motifs is 1. The van der Waals surface area contributed by atoms with Gasteiger partial charge in [-0.2, -0.15) is 0 Å². The fourth-order valence-electron chi connectivity index (χ4n) is 2.62. The maximum absolute atomic E-state index is 9.95. The number of phenolic OH excluding ortho intramolecular Hbond substituents is 1. The maximum Gasteiger partial charge on any atom is 0.119 e. The summed E-state index contributed by atoms with van der Waals surface area (Å²) in [6.45, 7) is 3.39. The largest absolute Gasteiger partial charge is 0.508 e. The molecule has 0 aromatic heterocycles. The Morgan fingerprint density at radius 3 is 3.07 bits per heavy atom. The zero-order chi connectivity index (χ0) is 10.3. The summed E-state index contributed by atoms with van der Waals surface area (Å²) in [5.74, 6) is 0.898. The molecule has 0 radical (unpaired) electrons. The van der Waals surface area contributed by atoms with E-state index >= 15 is 0 Å². The molecule has 0 aliphatic carbocycles. The molecule has 1 aromatic carbocycles. The van der Waals surface area contributed by atoms with Gasteiger partial charge in [-0.05, 0) is 30.2 Å². The number of ether oxygens (including phenoxy) is 1. The fraction of sp³-hybridized carbons (Fsp3) is 0.500. The molecule has 0 amide bonds. The molecular weight excluding hydrogens is 190 g/mol. The molecule has 3 nitrogen and oxygen atoms in total. The molecule has 0 bridgehead atoms. The SMILES string of the molecule is Oc1ccc2c(c1C1CCNC1)COC2. The molecule has 3 rings (SSSR count). The zero-order valence-electron chi connectivity index (χ0n) is 8.62. The Morgan fingerprint density at radius 1 is 1.33 bits per heavy atom. The van der Waals surface area contributed by atoms with E-state index in [0.29, 0.717) is 24.9 Å². The lowest BCUT2D eigenvalue weighted by molar-refractivity contribution is 0.134. The number of phenols is 1. The third kappa shape index (κ3) is 1.43. The lowest BCUT2D eigenvalue weighted by Crippen LogP contribution is -2.09.